The molecule has 0 spiro atoms. The van der Waals surface area contributed by atoms with E-state index < -0.39 is 6.10 Å². The fourth-order valence-corrected chi connectivity index (χ4v) is 1.91. The van der Waals surface area contributed by atoms with Gasteiger partial charge in [0.15, 0.2) is 0 Å². The van der Waals surface area contributed by atoms with Crippen molar-refractivity contribution < 1.29 is 19.4 Å². The van der Waals surface area contributed by atoms with Gasteiger partial charge in [0.1, 0.15) is 11.5 Å². The van der Waals surface area contributed by atoms with Gasteiger partial charge in [0.05, 0.1) is 20.3 Å². The summed E-state index contributed by atoms with van der Waals surface area (Å²) in [5.41, 5.74) is 0.632. The second-order valence-corrected chi connectivity index (χ2v) is 4.87. The minimum Gasteiger partial charge on any atom is -0.497 e. The van der Waals surface area contributed by atoms with E-state index in [4.69, 9.17) is 9.47 Å². The third kappa shape index (κ3) is 6.09. The zero-order valence-electron chi connectivity index (χ0n) is 13.4. The van der Waals surface area contributed by atoms with Crippen LogP contribution in [0.15, 0.2) is 18.2 Å². The van der Waals surface area contributed by atoms with Gasteiger partial charge in [0.25, 0.3) is 0 Å². The summed E-state index contributed by atoms with van der Waals surface area (Å²) in [4.78, 5) is 11.8. The van der Waals surface area contributed by atoms with E-state index in [1.165, 1.54) is 0 Å². The Morgan fingerprint density at radius 1 is 1.18 bits per heavy atom. The molecule has 0 bridgehead atoms. The van der Waals surface area contributed by atoms with Crippen molar-refractivity contribution in [1.29, 1.82) is 0 Å². The molecule has 0 aromatic heterocycles. The maximum absolute atomic E-state index is 11.8. The molecule has 0 aliphatic carbocycles. The number of aliphatic hydroxyl groups excluding tert-OH is 1. The summed E-state index contributed by atoms with van der Waals surface area (Å²) in [6.07, 6.45) is -0.820. The van der Waals surface area contributed by atoms with E-state index in [0.717, 1.165) is 0 Å². The second kappa shape index (κ2) is 10.3. The van der Waals surface area contributed by atoms with E-state index >= 15 is 0 Å². The van der Waals surface area contributed by atoms with Gasteiger partial charge in [0, 0.05) is 25.1 Å². The van der Waals surface area contributed by atoms with Gasteiger partial charge in [-0.1, -0.05) is 6.92 Å². The number of benzene rings is 1. The monoisotopic (exact) mass is 332 g/mol. The van der Waals surface area contributed by atoms with Crippen LogP contribution in [0.4, 0.5) is 0 Å². The third-order valence-corrected chi connectivity index (χ3v) is 3.19. The summed E-state index contributed by atoms with van der Waals surface area (Å²) in [6.45, 7) is 2.56. The highest BCUT2D eigenvalue weighted by Crippen LogP contribution is 2.26. The summed E-state index contributed by atoms with van der Waals surface area (Å²) < 4.78 is 10.3. The van der Waals surface area contributed by atoms with Crippen molar-refractivity contribution in [3.63, 3.8) is 0 Å². The molecule has 1 aromatic rings. The van der Waals surface area contributed by atoms with Crippen LogP contribution in [0.25, 0.3) is 0 Å². The number of carbonyl (C=O) groups excluding carboxylic acids is 1. The van der Waals surface area contributed by atoms with E-state index in [9.17, 15) is 9.90 Å². The zero-order valence-corrected chi connectivity index (χ0v) is 14.2. The van der Waals surface area contributed by atoms with Crippen LogP contribution >= 0.6 is 12.4 Å². The molecule has 6 nitrogen and oxygen atoms in total. The molecule has 1 aromatic carbocycles. The molecule has 2 atom stereocenters. The highest BCUT2D eigenvalue weighted by molar-refractivity contribution is 5.85. The maximum Gasteiger partial charge on any atom is 0.224 e. The average Bonchev–Trinajstić information content (AvgIpc) is 2.51. The first-order chi connectivity index (χ1) is 10.0. The lowest BCUT2D eigenvalue weighted by atomic mass is 10.1. The first-order valence-electron chi connectivity index (χ1n) is 6.85. The molecule has 2 unspecified atom stereocenters. The number of methoxy groups -OCH3 is 2. The van der Waals surface area contributed by atoms with E-state index in [1.54, 1.807) is 39.5 Å². The first-order valence-corrected chi connectivity index (χ1v) is 6.85. The number of aliphatic hydroxyl groups is 1. The molecule has 0 fully saturated rings. The molecule has 126 valence electrons. The minimum absolute atomic E-state index is 0. The smallest absolute Gasteiger partial charge is 0.224 e. The highest BCUT2D eigenvalue weighted by Gasteiger charge is 2.15. The molecule has 0 aliphatic rings. The zero-order chi connectivity index (χ0) is 15.8. The van der Waals surface area contributed by atoms with Crippen LogP contribution in [0, 0.1) is 5.92 Å². The molecular weight excluding hydrogens is 308 g/mol. The predicted molar refractivity (Wildman–Crippen MR) is 87.9 cm³/mol. The lowest BCUT2D eigenvalue weighted by Gasteiger charge is -2.16. The van der Waals surface area contributed by atoms with Crippen LogP contribution in [0.2, 0.25) is 0 Å². The summed E-state index contributed by atoms with van der Waals surface area (Å²) >= 11 is 0. The minimum atomic E-state index is -0.820. The molecule has 0 saturated carbocycles. The number of ether oxygens (including phenoxy) is 2. The largest absolute Gasteiger partial charge is 0.497 e. The number of nitrogens with one attached hydrogen (secondary N) is 2. The Bertz CT molecular complexity index is 449. The molecular formula is C15H25ClN2O4. The van der Waals surface area contributed by atoms with Crippen LogP contribution in [0.5, 0.6) is 11.5 Å². The van der Waals surface area contributed by atoms with E-state index in [1.807, 2.05) is 6.92 Å². The predicted octanol–water partition coefficient (Wildman–Crippen LogP) is 1.13. The van der Waals surface area contributed by atoms with Gasteiger partial charge in [-0.3, -0.25) is 4.79 Å². The van der Waals surface area contributed by atoms with Crippen LogP contribution in [-0.2, 0) is 4.79 Å². The molecule has 0 aliphatic heterocycles. The SMILES string of the molecule is CNCC(C)C(=O)NCC(O)c1cc(OC)cc(OC)c1.Cl. The van der Waals surface area contributed by atoms with Gasteiger partial charge in [-0.25, -0.2) is 0 Å². The number of rotatable bonds is 8. The van der Waals surface area contributed by atoms with Gasteiger partial charge < -0.3 is 25.2 Å². The standard InChI is InChI=1S/C15H24N2O4.ClH/c1-10(8-16-2)15(19)17-9-14(18)11-5-12(20-3)7-13(6-11)21-4;/h5-7,10,14,16,18H,8-9H2,1-4H3,(H,17,19);1H. The van der Waals surface area contributed by atoms with E-state index in [0.29, 0.717) is 23.6 Å². The van der Waals surface area contributed by atoms with Crippen molar-refractivity contribution in [3.8, 4) is 11.5 Å². The molecule has 3 N–H and O–H groups in total. The van der Waals surface area contributed by atoms with Crippen molar-refractivity contribution in [2.75, 3.05) is 34.4 Å². The van der Waals surface area contributed by atoms with Gasteiger partial charge in [0.2, 0.25) is 5.91 Å². The van der Waals surface area contributed by atoms with Crippen molar-refractivity contribution in [2.45, 2.75) is 13.0 Å². The molecule has 7 heteroatoms. The normalized spacial score (nSPS) is 12.8. The van der Waals surface area contributed by atoms with E-state index in [-0.39, 0.29) is 30.8 Å². The summed E-state index contributed by atoms with van der Waals surface area (Å²) in [6, 6.07) is 5.16. The lowest BCUT2D eigenvalue weighted by molar-refractivity contribution is -0.124. The topological polar surface area (TPSA) is 79.8 Å². The van der Waals surface area contributed by atoms with Crippen LogP contribution in [-0.4, -0.2) is 45.4 Å². The fourth-order valence-electron chi connectivity index (χ4n) is 1.91. The van der Waals surface area contributed by atoms with Gasteiger partial charge in [-0.2, -0.15) is 0 Å². The number of amides is 1. The van der Waals surface area contributed by atoms with Gasteiger partial charge >= 0.3 is 0 Å². The number of carbonyl (C=O) groups is 1. The van der Waals surface area contributed by atoms with Crippen molar-refractivity contribution in [1.82, 2.24) is 10.6 Å². The molecule has 1 rings (SSSR count). The Morgan fingerprint density at radius 2 is 1.73 bits per heavy atom. The summed E-state index contributed by atoms with van der Waals surface area (Å²) in [7, 11) is 4.89. The fraction of sp³-hybridized carbons (Fsp3) is 0.533. The Balaban J connectivity index is 0.00000441. The third-order valence-electron chi connectivity index (χ3n) is 3.19. The summed E-state index contributed by atoms with van der Waals surface area (Å²) in [5.74, 6) is 0.942. The Morgan fingerprint density at radius 3 is 2.18 bits per heavy atom. The van der Waals surface area contributed by atoms with Crippen LogP contribution < -0.4 is 20.1 Å². The number of hydrogen-bond donors (Lipinski definition) is 3. The van der Waals surface area contributed by atoms with Crippen molar-refractivity contribution in [2.24, 2.45) is 5.92 Å². The molecule has 22 heavy (non-hydrogen) atoms. The Kier molecular flexibility index (Phi) is 9.56. The van der Waals surface area contributed by atoms with E-state index in [2.05, 4.69) is 10.6 Å². The average molecular weight is 333 g/mol. The second-order valence-electron chi connectivity index (χ2n) is 4.87. The van der Waals surface area contributed by atoms with Gasteiger partial charge in [-0.05, 0) is 24.7 Å². The highest BCUT2D eigenvalue weighted by atomic mass is 35.5. The lowest BCUT2D eigenvalue weighted by Crippen LogP contribution is -2.36. The molecule has 0 heterocycles. The Hall–Kier alpha value is -1.50. The molecule has 0 radical (unpaired) electrons. The Labute approximate surface area is 137 Å². The van der Waals surface area contributed by atoms with Gasteiger partial charge in [-0.15, -0.1) is 12.4 Å². The first kappa shape index (κ1) is 20.5. The molecule has 0 saturated heterocycles. The maximum atomic E-state index is 11.8. The van der Waals surface area contributed by atoms with Crippen molar-refractivity contribution >= 4 is 18.3 Å². The van der Waals surface area contributed by atoms with Crippen LogP contribution in [0.3, 0.4) is 0 Å². The number of halogens is 1. The number of hydrogen-bond acceptors (Lipinski definition) is 5. The van der Waals surface area contributed by atoms with Crippen molar-refractivity contribution in [3.05, 3.63) is 23.8 Å². The summed E-state index contributed by atoms with van der Waals surface area (Å²) in [5, 5.41) is 15.9. The van der Waals surface area contributed by atoms with Crippen LogP contribution in [0.1, 0.15) is 18.6 Å². The molecule has 1 amide bonds. The quantitative estimate of drug-likeness (QED) is 0.665.